The molecule has 2 rings (SSSR count). The number of aromatic nitrogens is 2. The van der Waals surface area contributed by atoms with Crippen molar-refractivity contribution in [2.45, 2.75) is 18.1 Å². The number of ether oxygens (including phenoxy) is 2. The standard InChI is InChI=1S/C16H23N3O3S/c1-21-10-5-8-17-15(20)12-23-16-18-13-6-3-4-7-14(13)19(16)9-11-22-2/h3-4,6-7H,5,8-12H2,1-2H3,(H,17,20). The lowest BCUT2D eigenvalue weighted by molar-refractivity contribution is -0.118. The summed E-state index contributed by atoms with van der Waals surface area (Å²) >= 11 is 1.45. The van der Waals surface area contributed by atoms with Crippen molar-refractivity contribution >= 4 is 28.7 Å². The van der Waals surface area contributed by atoms with Crippen LogP contribution < -0.4 is 5.32 Å². The molecule has 1 aromatic heterocycles. The van der Waals surface area contributed by atoms with E-state index in [1.165, 1.54) is 11.8 Å². The third kappa shape index (κ3) is 5.23. The van der Waals surface area contributed by atoms with Gasteiger partial charge in [-0.2, -0.15) is 0 Å². The molecule has 0 aliphatic carbocycles. The number of nitrogens with zero attached hydrogens (tertiary/aromatic N) is 2. The molecule has 6 nitrogen and oxygen atoms in total. The topological polar surface area (TPSA) is 65.4 Å². The first-order valence-electron chi connectivity index (χ1n) is 7.59. The number of carbonyl (C=O) groups excluding carboxylic acids is 1. The minimum Gasteiger partial charge on any atom is -0.385 e. The third-order valence-corrected chi connectivity index (χ3v) is 4.29. The van der Waals surface area contributed by atoms with Gasteiger partial charge in [-0.3, -0.25) is 4.79 Å². The first-order valence-corrected chi connectivity index (χ1v) is 8.57. The predicted octanol–water partition coefficient (Wildman–Crippen LogP) is 1.93. The van der Waals surface area contributed by atoms with Crippen molar-refractivity contribution in [3.63, 3.8) is 0 Å². The summed E-state index contributed by atoms with van der Waals surface area (Å²) in [4.78, 5) is 16.5. The summed E-state index contributed by atoms with van der Waals surface area (Å²) in [5.41, 5.74) is 2.00. The van der Waals surface area contributed by atoms with E-state index < -0.39 is 0 Å². The fraction of sp³-hybridized carbons (Fsp3) is 0.500. The summed E-state index contributed by atoms with van der Waals surface area (Å²) in [7, 11) is 3.33. The lowest BCUT2D eigenvalue weighted by atomic mass is 10.3. The van der Waals surface area contributed by atoms with Gasteiger partial charge < -0.3 is 19.4 Å². The monoisotopic (exact) mass is 337 g/mol. The number of carbonyl (C=O) groups is 1. The Morgan fingerprint density at radius 3 is 2.83 bits per heavy atom. The highest BCUT2D eigenvalue weighted by molar-refractivity contribution is 7.99. The largest absolute Gasteiger partial charge is 0.385 e. The number of amides is 1. The molecule has 2 aromatic rings. The minimum atomic E-state index is 0.0106. The zero-order valence-electron chi connectivity index (χ0n) is 13.6. The molecule has 1 amide bonds. The summed E-state index contributed by atoms with van der Waals surface area (Å²) in [6.07, 6.45) is 0.819. The van der Waals surface area contributed by atoms with E-state index in [0.29, 0.717) is 25.5 Å². The molecule has 0 saturated carbocycles. The van der Waals surface area contributed by atoms with Gasteiger partial charge >= 0.3 is 0 Å². The van der Waals surface area contributed by atoms with E-state index in [0.717, 1.165) is 29.2 Å². The molecule has 0 aliphatic heterocycles. The number of nitrogens with one attached hydrogen (secondary N) is 1. The van der Waals surface area contributed by atoms with Gasteiger partial charge in [0.2, 0.25) is 5.91 Å². The second-order valence-electron chi connectivity index (χ2n) is 5.01. The number of imidazole rings is 1. The van der Waals surface area contributed by atoms with Crippen LogP contribution >= 0.6 is 11.8 Å². The molecule has 0 bridgehead atoms. The molecule has 0 fully saturated rings. The van der Waals surface area contributed by atoms with Crippen LogP contribution in [0, 0.1) is 0 Å². The molecule has 1 aromatic carbocycles. The predicted molar refractivity (Wildman–Crippen MR) is 91.8 cm³/mol. The molecule has 0 spiro atoms. The van der Waals surface area contributed by atoms with E-state index in [2.05, 4.69) is 14.9 Å². The third-order valence-electron chi connectivity index (χ3n) is 3.32. The van der Waals surface area contributed by atoms with Crippen molar-refractivity contribution in [1.29, 1.82) is 0 Å². The summed E-state index contributed by atoms with van der Waals surface area (Å²) in [6, 6.07) is 7.97. The molecular weight excluding hydrogens is 314 g/mol. The average molecular weight is 337 g/mol. The second-order valence-corrected chi connectivity index (χ2v) is 5.96. The average Bonchev–Trinajstić information content (AvgIpc) is 2.92. The van der Waals surface area contributed by atoms with Crippen molar-refractivity contribution in [2.75, 3.05) is 39.7 Å². The van der Waals surface area contributed by atoms with Gasteiger partial charge in [0.1, 0.15) is 0 Å². The van der Waals surface area contributed by atoms with Crippen LogP contribution in [0.3, 0.4) is 0 Å². The molecule has 0 unspecified atom stereocenters. The molecule has 0 saturated heterocycles. The van der Waals surface area contributed by atoms with E-state index in [-0.39, 0.29) is 5.91 Å². The molecule has 0 atom stereocenters. The molecule has 23 heavy (non-hydrogen) atoms. The molecule has 0 aliphatic rings. The maximum Gasteiger partial charge on any atom is 0.230 e. The van der Waals surface area contributed by atoms with Crippen LogP contribution in [0.2, 0.25) is 0 Å². The summed E-state index contributed by atoms with van der Waals surface area (Å²) in [6.45, 7) is 2.61. The van der Waals surface area contributed by atoms with Gasteiger partial charge in [-0.15, -0.1) is 0 Å². The van der Waals surface area contributed by atoms with Crippen LogP contribution in [-0.2, 0) is 20.8 Å². The summed E-state index contributed by atoms with van der Waals surface area (Å²) < 4.78 is 12.2. The zero-order chi connectivity index (χ0) is 16.5. The van der Waals surface area contributed by atoms with Crippen LogP contribution in [0.4, 0.5) is 0 Å². The number of para-hydroxylation sites is 2. The highest BCUT2D eigenvalue weighted by Gasteiger charge is 2.12. The van der Waals surface area contributed by atoms with Crippen molar-refractivity contribution < 1.29 is 14.3 Å². The van der Waals surface area contributed by atoms with E-state index in [9.17, 15) is 4.79 Å². The van der Waals surface area contributed by atoms with Gasteiger partial charge in [-0.05, 0) is 18.6 Å². The Morgan fingerprint density at radius 1 is 1.26 bits per heavy atom. The van der Waals surface area contributed by atoms with Crippen LogP contribution in [0.5, 0.6) is 0 Å². The number of fused-ring (bicyclic) bond motifs is 1. The van der Waals surface area contributed by atoms with E-state index in [4.69, 9.17) is 9.47 Å². The molecule has 7 heteroatoms. The second kappa shape index (κ2) is 9.54. The number of thioether (sulfide) groups is 1. The minimum absolute atomic E-state index is 0.0106. The lowest BCUT2D eigenvalue weighted by Gasteiger charge is -2.08. The smallest absolute Gasteiger partial charge is 0.230 e. The molecular formula is C16H23N3O3S. The molecule has 1 N–H and O–H groups in total. The zero-order valence-corrected chi connectivity index (χ0v) is 14.4. The van der Waals surface area contributed by atoms with Crippen LogP contribution in [0.15, 0.2) is 29.4 Å². The summed E-state index contributed by atoms with van der Waals surface area (Å²) in [5, 5.41) is 3.73. The van der Waals surface area contributed by atoms with Gasteiger partial charge in [0.15, 0.2) is 5.16 Å². The normalized spacial score (nSPS) is 11.0. The Hall–Kier alpha value is -1.57. The summed E-state index contributed by atoms with van der Waals surface area (Å²) in [5.74, 6) is 0.361. The lowest BCUT2D eigenvalue weighted by Crippen LogP contribution is -2.27. The van der Waals surface area contributed by atoms with Gasteiger partial charge in [0, 0.05) is 33.9 Å². The van der Waals surface area contributed by atoms with E-state index in [1.807, 2.05) is 24.3 Å². The van der Waals surface area contributed by atoms with Crippen molar-refractivity contribution in [3.05, 3.63) is 24.3 Å². The van der Waals surface area contributed by atoms with Crippen molar-refractivity contribution in [2.24, 2.45) is 0 Å². The number of methoxy groups -OCH3 is 2. The molecule has 126 valence electrons. The van der Waals surface area contributed by atoms with Gasteiger partial charge in [0.25, 0.3) is 0 Å². The molecule has 1 heterocycles. The highest BCUT2D eigenvalue weighted by atomic mass is 32.2. The highest BCUT2D eigenvalue weighted by Crippen LogP contribution is 2.23. The number of hydrogen-bond acceptors (Lipinski definition) is 5. The van der Waals surface area contributed by atoms with Crippen molar-refractivity contribution in [3.8, 4) is 0 Å². The quantitative estimate of drug-likeness (QED) is 0.530. The van der Waals surface area contributed by atoms with E-state index in [1.54, 1.807) is 14.2 Å². The Balaban J connectivity index is 1.97. The Bertz CT molecular complexity index is 630. The first-order chi connectivity index (χ1) is 11.3. The Labute approximate surface area is 140 Å². The van der Waals surface area contributed by atoms with Gasteiger partial charge in [-0.25, -0.2) is 4.98 Å². The fourth-order valence-electron chi connectivity index (χ4n) is 2.19. The maximum atomic E-state index is 11.9. The van der Waals surface area contributed by atoms with E-state index >= 15 is 0 Å². The van der Waals surface area contributed by atoms with Gasteiger partial charge in [-0.1, -0.05) is 23.9 Å². The molecule has 0 radical (unpaired) electrons. The Morgan fingerprint density at radius 2 is 2.04 bits per heavy atom. The number of rotatable bonds is 10. The maximum absolute atomic E-state index is 11.9. The SMILES string of the molecule is COCCCNC(=O)CSc1nc2ccccc2n1CCOC. The van der Waals surface area contributed by atoms with Gasteiger partial charge in [0.05, 0.1) is 23.4 Å². The number of benzene rings is 1. The van der Waals surface area contributed by atoms with Crippen molar-refractivity contribution in [1.82, 2.24) is 14.9 Å². The first kappa shape index (κ1) is 17.8. The Kier molecular flexibility index (Phi) is 7.38. The fourth-order valence-corrected chi connectivity index (χ4v) is 3.06. The number of hydrogen-bond donors (Lipinski definition) is 1. The van der Waals surface area contributed by atoms with Crippen LogP contribution in [0.25, 0.3) is 11.0 Å². The van der Waals surface area contributed by atoms with Crippen LogP contribution in [0.1, 0.15) is 6.42 Å². The van der Waals surface area contributed by atoms with Crippen LogP contribution in [-0.4, -0.2) is 55.2 Å².